The molecule has 5 heterocycles. The minimum atomic E-state index is -2.73. The molecule has 0 saturated carbocycles. The van der Waals surface area contributed by atoms with E-state index in [9.17, 15) is 8.78 Å². The van der Waals surface area contributed by atoms with E-state index >= 15 is 0 Å². The lowest BCUT2D eigenvalue weighted by molar-refractivity contribution is 0.0876. The van der Waals surface area contributed by atoms with Crippen LogP contribution in [0.25, 0.3) is 16.9 Å². The van der Waals surface area contributed by atoms with Crippen molar-refractivity contribution in [2.75, 3.05) is 76.3 Å². The predicted molar refractivity (Wildman–Crippen MR) is 148 cm³/mol. The molecule has 0 radical (unpaired) electrons. The van der Waals surface area contributed by atoms with Crippen LogP contribution < -0.4 is 10.2 Å². The Morgan fingerprint density at radius 2 is 1.64 bits per heavy atom. The number of hydrogen-bond donors (Lipinski definition) is 1. The molecule has 210 valence electrons. The number of halogens is 2. The highest BCUT2D eigenvalue weighted by atomic mass is 19.3. The molecule has 0 amide bonds. The number of morpholine rings is 1. The summed E-state index contributed by atoms with van der Waals surface area (Å²) in [5.74, 6) is 1.79. The van der Waals surface area contributed by atoms with Gasteiger partial charge in [-0.3, -0.25) is 4.57 Å². The lowest BCUT2D eigenvalue weighted by Gasteiger charge is -2.41. The second-order valence-electron chi connectivity index (χ2n) is 11.0. The maximum atomic E-state index is 14.1. The van der Waals surface area contributed by atoms with Crippen molar-refractivity contribution in [1.82, 2.24) is 29.3 Å². The second-order valence-corrected chi connectivity index (χ2v) is 11.0. The van der Waals surface area contributed by atoms with Gasteiger partial charge in [0.05, 0.1) is 24.2 Å². The zero-order valence-electron chi connectivity index (χ0n) is 22.6. The van der Waals surface area contributed by atoms with Crippen molar-refractivity contribution in [3.63, 3.8) is 0 Å². The molecule has 3 fully saturated rings. The molecule has 1 N–H and O–H groups in total. The molecule has 0 unspecified atom stereocenters. The third-order valence-electron chi connectivity index (χ3n) is 8.45. The van der Waals surface area contributed by atoms with Gasteiger partial charge in [-0.05, 0) is 77.0 Å². The number of nitrogens with zero attached hydrogens (tertiary/aromatic N) is 7. The topological polar surface area (TPSA) is 74.6 Å². The van der Waals surface area contributed by atoms with Crippen LogP contribution in [0.2, 0.25) is 0 Å². The van der Waals surface area contributed by atoms with E-state index in [2.05, 4.69) is 32.0 Å². The Morgan fingerprint density at radius 1 is 0.923 bits per heavy atom. The van der Waals surface area contributed by atoms with Crippen LogP contribution in [-0.4, -0.2) is 101 Å². The first-order valence-electron chi connectivity index (χ1n) is 14.2. The molecule has 3 saturated heterocycles. The standard InChI is InChI=1S/C28H38F2N8O/c1-35-10-8-21(9-11-35)36-12-6-20(7-13-36)19-31-28-33-24(37-14-16-39-17-15-37)18-25(34-28)38-23-5-3-2-4-22(23)32-27(38)26(29)30/h2-5,18,20-21,26H,6-17,19H2,1H3,(H,31,33,34). The first-order valence-corrected chi connectivity index (χ1v) is 14.2. The number of rotatable bonds is 7. The number of fused-ring (bicyclic) bond motifs is 1. The van der Waals surface area contributed by atoms with Gasteiger partial charge in [-0.15, -0.1) is 0 Å². The number of piperidine rings is 2. The molecule has 1 aromatic carbocycles. The summed E-state index contributed by atoms with van der Waals surface area (Å²) in [6.07, 6.45) is 2.06. The van der Waals surface area contributed by atoms with E-state index in [1.54, 1.807) is 24.3 Å². The van der Waals surface area contributed by atoms with Crippen LogP contribution in [0.3, 0.4) is 0 Å². The summed E-state index contributed by atoms with van der Waals surface area (Å²) in [6.45, 7) is 7.98. The zero-order chi connectivity index (χ0) is 26.8. The van der Waals surface area contributed by atoms with Crippen molar-refractivity contribution in [1.29, 1.82) is 0 Å². The van der Waals surface area contributed by atoms with Crippen molar-refractivity contribution < 1.29 is 13.5 Å². The summed E-state index contributed by atoms with van der Waals surface area (Å²) in [5.41, 5.74) is 1.12. The summed E-state index contributed by atoms with van der Waals surface area (Å²) in [4.78, 5) is 21.0. The largest absolute Gasteiger partial charge is 0.378 e. The van der Waals surface area contributed by atoms with E-state index in [0.29, 0.717) is 66.9 Å². The molecule has 11 heteroatoms. The number of likely N-dealkylation sites (tertiary alicyclic amines) is 2. The van der Waals surface area contributed by atoms with Crippen LogP contribution in [0.1, 0.15) is 37.9 Å². The molecule has 3 aliphatic heterocycles. The van der Waals surface area contributed by atoms with E-state index < -0.39 is 6.43 Å². The van der Waals surface area contributed by atoms with Crippen molar-refractivity contribution >= 4 is 22.8 Å². The van der Waals surface area contributed by atoms with E-state index in [1.165, 1.54) is 30.5 Å². The molecule has 3 aromatic rings. The smallest absolute Gasteiger partial charge is 0.296 e. The minimum absolute atomic E-state index is 0.310. The van der Waals surface area contributed by atoms with Gasteiger partial charge in [-0.25, -0.2) is 13.8 Å². The van der Waals surface area contributed by atoms with Crippen LogP contribution >= 0.6 is 0 Å². The molecule has 39 heavy (non-hydrogen) atoms. The Morgan fingerprint density at radius 3 is 2.38 bits per heavy atom. The van der Waals surface area contributed by atoms with Crippen LogP contribution in [0, 0.1) is 5.92 Å². The van der Waals surface area contributed by atoms with E-state index in [-0.39, 0.29) is 5.82 Å². The number of hydrogen-bond acceptors (Lipinski definition) is 8. The number of para-hydroxylation sites is 2. The molecule has 0 aliphatic carbocycles. The Balaban J connectivity index is 1.21. The van der Waals surface area contributed by atoms with Crippen LogP contribution in [-0.2, 0) is 4.74 Å². The lowest BCUT2D eigenvalue weighted by Crippen LogP contribution is -2.47. The minimum Gasteiger partial charge on any atom is -0.378 e. The number of aromatic nitrogens is 4. The summed E-state index contributed by atoms with van der Waals surface area (Å²) in [5, 5.41) is 3.47. The summed E-state index contributed by atoms with van der Waals surface area (Å²) in [7, 11) is 2.21. The molecule has 0 spiro atoms. The maximum Gasteiger partial charge on any atom is 0.296 e. The van der Waals surface area contributed by atoms with Gasteiger partial charge in [0.1, 0.15) is 11.6 Å². The predicted octanol–water partition coefficient (Wildman–Crippen LogP) is 3.81. The van der Waals surface area contributed by atoms with Crippen LogP contribution in [0.4, 0.5) is 20.5 Å². The highest BCUT2D eigenvalue weighted by molar-refractivity contribution is 5.78. The van der Waals surface area contributed by atoms with Gasteiger partial charge in [0.2, 0.25) is 5.95 Å². The van der Waals surface area contributed by atoms with Gasteiger partial charge in [-0.1, -0.05) is 12.1 Å². The fourth-order valence-corrected chi connectivity index (χ4v) is 6.12. The Hall–Kier alpha value is -2.89. The zero-order valence-corrected chi connectivity index (χ0v) is 22.6. The number of imidazole rings is 1. The van der Waals surface area contributed by atoms with Crippen molar-refractivity contribution in [2.24, 2.45) is 5.92 Å². The second kappa shape index (κ2) is 11.7. The number of alkyl halides is 2. The van der Waals surface area contributed by atoms with Crippen LogP contribution in [0.15, 0.2) is 30.3 Å². The highest BCUT2D eigenvalue weighted by Gasteiger charge is 2.28. The van der Waals surface area contributed by atoms with Gasteiger partial charge < -0.3 is 24.8 Å². The number of ether oxygens (including phenoxy) is 1. The maximum absolute atomic E-state index is 14.1. The monoisotopic (exact) mass is 540 g/mol. The SMILES string of the molecule is CN1CCC(N2CCC(CNc3nc(N4CCOCC4)cc(-n4c(C(F)F)nc5ccccc54)n3)CC2)CC1. The molecule has 9 nitrogen and oxygen atoms in total. The number of benzene rings is 1. The molecular weight excluding hydrogens is 502 g/mol. The van der Waals surface area contributed by atoms with Crippen LogP contribution in [0.5, 0.6) is 0 Å². The van der Waals surface area contributed by atoms with Gasteiger partial charge in [0.15, 0.2) is 5.82 Å². The van der Waals surface area contributed by atoms with Crippen molar-refractivity contribution in [3.8, 4) is 5.82 Å². The molecule has 0 atom stereocenters. The van der Waals surface area contributed by atoms with E-state index in [0.717, 1.165) is 32.5 Å². The van der Waals surface area contributed by atoms with Gasteiger partial charge in [-0.2, -0.15) is 9.97 Å². The number of anilines is 2. The molecular formula is C28H38F2N8O. The highest BCUT2D eigenvalue weighted by Crippen LogP contribution is 2.30. The van der Waals surface area contributed by atoms with Gasteiger partial charge in [0, 0.05) is 31.7 Å². The first-order chi connectivity index (χ1) is 19.0. The van der Waals surface area contributed by atoms with Crippen molar-refractivity contribution in [3.05, 3.63) is 36.2 Å². The Kier molecular flexibility index (Phi) is 7.90. The molecule has 0 bridgehead atoms. The average Bonchev–Trinajstić information content (AvgIpc) is 3.37. The third-order valence-corrected chi connectivity index (χ3v) is 8.45. The quantitative estimate of drug-likeness (QED) is 0.485. The first kappa shape index (κ1) is 26.3. The van der Waals surface area contributed by atoms with Crippen molar-refractivity contribution in [2.45, 2.75) is 38.2 Å². The Labute approximate surface area is 228 Å². The summed E-state index contributed by atoms with van der Waals surface area (Å²) < 4.78 is 35.2. The lowest BCUT2D eigenvalue weighted by atomic mass is 9.93. The Bertz CT molecular complexity index is 1250. The van der Waals surface area contributed by atoms with E-state index in [1.807, 2.05) is 6.07 Å². The fraction of sp³-hybridized carbons (Fsp3) is 0.607. The molecule has 6 rings (SSSR count). The van der Waals surface area contributed by atoms with E-state index in [4.69, 9.17) is 14.7 Å². The number of nitrogens with one attached hydrogen (secondary N) is 1. The van der Waals surface area contributed by atoms with Gasteiger partial charge in [0.25, 0.3) is 6.43 Å². The average molecular weight is 541 g/mol. The third kappa shape index (κ3) is 5.85. The fourth-order valence-electron chi connectivity index (χ4n) is 6.12. The molecule has 3 aliphatic rings. The normalized spacial score (nSPS) is 20.8. The molecule has 2 aromatic heterocycles. The summed E-state index contributed by atoms with van der Waals surface area (Å²) in [6, 6.07) is 9.68. The van der Waals surface area contributed by atoms with Gasteiger partial charge >= 0.3 is 0 Å². The summed E-state index contributed by atoms with van der Waals surface area (Å²) >= 11 is 0.